The highest BCUT2D eigenvalue weighted by atomic mass is 79.9. The van der Waals surface area contributed by atoms with E-state index in [1.807, 2.05) is 6.07 Å². The fourth-order valence-electron chi connectivity index (χ4n) is 2.87. The molecule has 1 saturated heterocycles. The van der Waals surface area contributed by atoms with Crippen molar-refractivity contribution in [2.24, 2.45) is 5.92 Å². The predicted octanol–water partition coefficient (Wildman–Crippen LogP) is 3.67. The van der Waals surface area contributed by atoms with Crippen molar-refractivity contribution in [2.75, 3.05) is 31.6 Å². The minimum absolute atomic E-state index is 0.660. The third-order valence-corrected chi connectivity index (χ3v) is 4.68. The van der Waals surface area contributed by atoms with E-state index in [1.165, 1.54) is 18.5 Å². The molecule has 2 unspecified atom stereocenters. The number of piperidine rings is 1. The zero-order valence-corrected chi connectivity index (χ0v) is 14.2. The van der Waals surface area contributed by atoms with Gasteiger partial charge in [0.2, 0.25) is 0 Å². The predicted molar refractivity (Wildman–Crippen MR) is 88.8 cm³/mol. The van der Waals surface area contributed by atoms with Crippen molar-refractivity contribution in [3.05, 3.63) is 22.7 Å². The smallest absolute Gasteiger partial charge is 0.133 e. The van der Waals surface area contributed by atoms with Gasteiger partial charge in [-0.3, -0.25) is 0 Å². The summed E-state index contributed by atoms with van der Waals surface area (Å²) in [5.74, 6) is 1.57. The molecule has 1 heterocycles. The number of anilines is 1. The van der Waals surface area contributed by atoms with Crippen LogP contribution in [0.2, 0.25) is 0 Å². The number of ether oxygens (including phenoxy) is 1. The van der Waals surface area contributed by atoms with E-state index in [-0.39, 0.29) is 0 Å². The Balaban J connectivity index is 2.00. The van der Waals surface area contributed by atoms with E-state index in [0.717, 1.165) is 29.9 Å². The van der Waals surface area contributed by atoms with Crippen LogP contribution < -0.4 is 15.0 Å². The Morgan fingerprint density at radius 3 is 2.85 bits per heavy atom. The van der Waals surface area contributed by atoms with Crippen molar-refractivity contribution in [2.45, 2.75) is 32.7 Å². The first kappa shape index (κ1) is 15.6. The summed E-state index contributed by atoms with van der Waals surface area (Å²) in [6.45, 7) is 7.92. The Hall–Kier alpha value is -0.740. The molecule has 1 aliphatic rings. The van der Waals surface area contributed by atoms with Crippen LogP contribution in [0.25, 0.3) is 0 Å². The number of halogens is 1. The SMILES string of the molecule is CCCNC1CCN(c2ccc(OC)c(Br)c2)CC1C. The molecule has 3 nitrogen and oxygen atoms in total. The molecule has 1 aromatic carbocycles. The normalized spacial score (nSPS) is 22.9. The molecule has 0 bridgehead atoms. The van der Waals surface area contributed by atoms with Gasteiger partial charge in [0.05, 0.1) is 11.6 Å². The van der Waals surface area contributed by atoms with Crippen molar-refractivity contribution in [3.8, 4) is 5.75 Å². The van der Waals surface area contributed by atoms with Crippen LogP contribution in [-0.4, -0.2) is 32.8 Å². The largest absolute Gasteiger partial charge is 0.496 e. The maximum Gasteiger partial charge on any atom is 0.133 e. The van der Waals surface area contributed by atoms with Crippen LogP contribution in [0.3, 0.4) is 0 Å². The number of hydrogen-bond donors (Lipinski definition) is 1. The number of nitrogens with zero attached hydrogens (tertiary/aromatic N) is 1. The number of methoxy groups -OCH3 is 1. The van der Waals surface area contributed by atoms with Crippen LogP contribution in [0.4, 0.5) is 5.69 Å². The Kier molecular flexibility index (Phi) is 5.73. The van der Waals surface area contributed by atoms with Crippen molar-refractivity contribution >= 4 is 21.6 Å². The second-order valence-electron chi connectivity index (χ2n) is 5.59. The van der Waals surface area contributed by atoms with Crippen molar-refractivity contribution in [1.82, 2.24) is 5.32 Å². The van der Waals surface area contributed by atoms with Gasteiger partial charge in [0, 0.05) is 24.8 Å². The highest BCUT2D eigenvalue weighted by Gasteiger charge is 2.25. The maximum absolute atomic E-state index is 5.29. The summed E-state index contributed by atoms with van der Waals surface area (Å²) in [6.07, 6.45) is 2.42. The zero-order chi connectivity index (χ0) is 14.5. The number of hydrogen-bond acceptors (Lipinski definition) is 3. The summed E-state index contributed by atoms with van der Waals surface area (Å²) in [5, 5.41) is 3.67. The molecule has 2 rings (SSSR count). The first-order chi connectivity index (χ1) is 9.65. The standard InChI is InChI=1S/C16H25BrN2O/c1-4-8-18-15-7-9-19(11-12(15)2)13-5-6-16(20-3)14(17)10-13/h5-6,10,12,15,18H,4,7-9,11H2,1-3H3. The van der Waals surface area contributed by atoms with Gasteiger partial charge >= 0.3 is 0 Å². The molecule has 4 heteroatoms. The molecule has 0 spiro atoms. The Morgan fingerprint density at radius 2 is 2.25 bits per heavy atom. The average Bonchev–Trinajstić information content (AvgIpc) is 2.46. The third kappa shape index (κ3) is 3.67. The Bertz CT molecular complexity index is 438. The van der Waals surface area contributed by atoms with Crippen LogP contribution in [0, 0.1) is 5.92 Å². The minimum atomic E-state index is 0.660. The molecule has 112 valence electrons. The Labute approximate surface area is 130 Å². The van der Waals surface area contributed by atoms with Gasteiger partial charge in [0.1, 0.15) is 5.75 Å². The maximum atomic E-state index is 5.29. The fraction of sp³-hybridized carbons (Fsp3) is 0.625. The molecule has 1 fully saturated rings. The lowest BCUT2D eigenvalue weighted by molar-refractivity contribution is 0.322. The summed E-state index contributed by atoms with van der Waals surface area (Å²) < 4.78 is 6.32. The third-order valence-electron chi connectivity index (χ3n) is 4.06. The quantitative estimate of drug-likeness (QED) is 0.884. The van der Waals surface area contributed by atoms with Gasteiger partial charge in [-0.25, -0.2) is 0 Å². The first-order valence-corrected chi connectivity index (χ1v) is 8.26. The lowest BCUT2D eigenvalue weighted by Gasteiger charge is -2.39. The molecule has 2 atom stereocenters. The van der Waals surface area contributed by atoms with Crippen molar-refractivity contribution in [3.63, 3.8) is 0 Å². The van der Waals surface area contributed by atoms with Crippen LogP contribution in [-0.2, 0) is 0 Å². The van der Waals surface area contributed by atoms with E-state index in [2.05, 4.69) is 52.1 Å². The van der Waals surface area contributed by atoms with Crippen molar-refractivity contribution in [1.29, 1.82) is 0 Å². The molecule has 20 heavy (non-hydrogen) atoms. The topological polar surface area (TPSA) is 24.5 Å². The summed E-state index contributed by atoms with van der Waals surface area (Å²) >= 11 is 3.57. The monoisotopic (exact) mass is 340 g/mol. The summed E-state index contributed by atoms with van der Waals surface area (Å²) in [7, 11) is 1.70. The lowest BCUT2D eigenvalue weighted by Crippen LogP contribution is -2.48. The molecular weight excluding hydrogens is 316 g/mol. The van der Waals surface area contributed by atoms with E-state index in [1.54, 1.807) is 7.11 Å². The number of nitrogens with one attached hydrogen (secondary N) is 1. The van der Waals surface area contributed by atoms with Gasteiger partial charge in [-0.2, -0.15) is 0 Å². The lowest BCUT2D eigenvalue weighted by atomic mass is 9.93. The highest BCUT2D eigenvalue weighted by molar-refractivity contribution is 9.10. The molecular formula is C16H25BrN2O. The van der Waals surface area contributed by atoms with Gasteiger partial charge in [-0.1, -0.05) is 13.8 Å². The van der Waals surface area contributed by atoms with Gasteiger partial charge in [-0.15, -0.1) is 0 Å². The van der Waals surface area contributed by atoms with E-state index in [4.69, 9.17) is 4.74 Å². The molecule has 0 radical (unpaired) electrons. The van der Waals surface area contributed by atoms with E-state index in [0.29, 0.717) is 12.0 Å². The second kappa shape index (κ2) is 7.32. The van der Waals surface area contributed by atoms with E-state index < -0.39 is 0 Å². The van der Waals surface area contributed by atoms with E-state index >= 15 is 0 Å². The molecule has 1 aromatic rings. The van der Waals surface area contributed by atoms with Gasteiger partial charge in [-0.05, 0) is 59.4 Å². The van der Waals surface area contributed by atoms with Crippen LogP contribution in [0.1, 0.15) is 26.7 Å². The van der Waals surface area contributed by atoms with Gasteiger partial charge < -0.3 is 15.0 Å². The van der Waals surface area contributed by atoms with Crippen molar-refractivity contribution < 1.29 is 4.74 Å². The molecule has 1 N–H and O–H groups in total. The molecule has 0 saturated carbocycles. The molecule has 0 aromatic heterocycles. The van der Waals surface area contributed by atoms with Crippen LogP contribution >= 0.6 is 15.9 Å². The van der Waals surface area contributed by atoms with E-state index in [9.17, 15) is 0 Å². The van der Waals surface area contributed by atoms with Gasteiger partial charge in [0.15, 0.2) is 0 Å². The summed E-state index contributed by atoms with van der Waals surface area (Å²) in [6, 6.07) is 7.00. The highest BCUT2D eigenvalue weighted by Crippen LogP contribution is 2.31. The zero-order valence-electron chi connectivity index (χ0n) is 12.7. The first-order valence-electron chi connectivity index (χ1n) is 7.47. The minimum Gasteiger partial charge on any atom is -0.496 e. The fourth-order valence-corrected chi connectivity index (χ4v) is 3.39. The summed E-state index contributed by atoms with van der Waals surface area (Å²) in [4.78, 5) is 2.47. The number of benzene rings is 1. The van der Waals surface area contributed by atoms with Crippen LogP contribution in [0.5, 0.6) is 5.75 Å². The molecule has 1 aliphatic heterocycles. The van der Waals surface area contributed by atoms with Gasteiger partial charge in [0.25, 0.3) is 0 Å². The molecule has 0 amide bonds. The number of rotatable bonds is 5. The van der Waals surface area contributed by atoms with Crippen LogP contribution in [0.15, 0.2) is 22.7 Å². The second-order valence-corrected chi connectivity index (χ2v) is 6.45. The molecule has 0 aliphatic carbocycles. The Morgan fingerprint density at radius 1 is 1.45 bits per heavy atom. The average molecular weight is 341 g/mol. The summed E-state index contributed by atoms with van der Waals surface area (Å²) in [5.41, 5.74) is 1.28.